The van der Waals surface area contributed by atoms with Gasteiger partial charge in [-0.15, -0.1) is 0 Å². The molecule has 3 aromatic rings. The van der Waals surface area contributed by atoms with Gasteiger partial charge in [-0.25, -0.2) is 4.98 Å². The van der Waals surface area contributed by atoms with Crippen LogP contribution in [0.5, 0.6) is 5.88 Å². The van der Waals surface area contributed by atoms with E-state index in [1.54, 1.807) is 25.5 Å². The number of nitrogens with one attached hydrogen (secondary N) is 1. The van der Waals surface area contributed by atoms with Gasteiger partial charge in [0, 0.05) is 24.1 Å². The van der Waals surface area contributed by atoms with Gasteiger partial charge in [0.1, 0.15) is 5.76 Å². The van der Waals surface area contributed by atoms with Crippen LogP contribution in [0.1, 0.15) is 24.3 Å². The van der Waals surface area contributed by atoms with Gasteiger partial charge in [0.25, 0.3) is 11.8 Å². The number of ether oxygens (including phenoxy) is 1. The minimum absolute atomic E-state index is 0.108. The molecule has 2 heterocycles. The first-order chi connectivity index (χ1) is 11.6. The summed E-state index contributed by atoms with van der Waals surface area (Å²) in [6.45, 7) is 3.57. The highest BCUT2D eigenvalue weighted by Gasteiger charge is 2.11. The second kappa shape index (κ2) is 6.99. The molecule has 0 aliphatic rings. The van der Waals surface area contributed by atoms with Crippen molar-refractivity contribution in [2.24, 2.45) is 0 Å². The summed E-state index contributed by atoms with van der Waals surface area (Å²) in [6.07, 6.45) is 5.35. The van der Waals surface area contributed by atoms with Crippen molar-refractivity contribution in [3.63, 3.8) is 0 Å². The van der Waals surface area contributed by atoms with Gasteiger partial charge in [0.15, 0.2) is 6.61 Å². The van der Waals surface area contributed by atoms with Gasteiger partial charge in [-0.3, -0.25) is 4.79 Å². The Hall–Kier alpha value is -3.09. The number of rotatable bonds is 6. The van der Waals surface area contributed by atoms with Gasteiger partial charge in [-0.1, -0.05) is 12.1 Å². The average Bonchev–Trinajstić information content (AvgIpc) is 3.25. The molecule has 1 atom stereocenters. The molecule has 0 spiro atoms. The molecule has 0 unspecified atom stereocenters. The van der Waals surface area contributed by atoms with Gasteiger partial charge in [-0.05, 0) is 36.7 Å². The van der Waals surface area contributed by atoms with E-state index in [0.717, 1.165) is 11.3 Å². The van der Waals surface area contributed by atoms with Crippen molar-refractivity contribution in [3.05, 3.63) is 60.4 Å². The summed E-state index contributed by atoms with van der Waals surface area (Å²) in [7, 11) is 0. The zero-order valence-corrected chi connectivity index (χ0v) is 13.5. The maximum Gasteiger partial charge on any atom is 0.258 e. The normalized spacial score (nSPS) is 11.9. The SMILES string of the molecule is Cc1cc(OCC(=O)N[C@H](C)c2ccc(-n3ccnc3)cc2)no1. The molecule has 7 nitrogen and oxygen atoms in total. The molecule has 0 aliphatic heterocycles. The topological polar surface area (TPSA) is 82.2 Å². The lowest BCUT2D eigenvalue weighted by Gasteiger charge is -2.15. The van der Waals surface area contributed by atoms with Crippen molar-refractivity contribution >= 4 is 5.91 Å². The van der Waals surface area contributed by atoms with E-state index >= 15 is 0 Å². The summed E-state index contributed by atoms with van der Waals surface area (Å²) in [5.74, 6) is 0.721. The van der Waals surface area contributed by atoms with Crippen molar-refractivity contribution in [1.29, 1.82) is 0 Å². The highest BCUT2D eigenvalue weighted by molar-refractivity contribution is 5.77. The molecule has 24 heavy (non-hydrogen) atoms. The van der Waals surface area contributed by atoms with E-state index in [1.807, 2.05) is 42.0 Å². The monoisotopic (exact) mass is 326 g/mol. The van der Waals surface area contributed by atoms with Gasteiger partial charge in [-0.2, -0.15) is 0 Å². The summed E-state index contributed by atoms with van der Waals surface area (Å²) in [5.41, 5.74) is 2.02. The van der Waals surface area contributed by atoms with Crippen LogP contribution in [0.2, 0.25) is 0 Å². The van der Waals surface area contributed by atoms with Crippen LogP contribution in [0, 0.1) is 6.92 Å². The van der Waals surface area contributed by atoms with Crippen molar-refractivity contribution < 1.29 is 14.1 Å². The van der Waals surface area contributed by atoms with Crippen LogP contribution in [0.15, 0.2) is 53.6 Å². The van der Waals surface area contributed by atoms with Crippen LogP contribution >= 0.6 is 0 Å². The second-order valence-electron chi connectivity index (χ2n) is 5.42. The van der Waals surface area contributed by atoms with Gasteiger partial charge in [0.05, 0.1) is 12.4 Å². The third kappa shape index (κ3) is 3.81. The lowest BCUT2D eigenvalue weighted by Crippen LogP contribution is -2.31. The second-order valence-corrected chi connectivity index (χ2v) is 5.42. The average molecular weight is 326 g/mol. The Morgan fingerprint density at radius 2 is 2.17 bits per heavy atom. The van der Waals surface area contributed by atoms with Crippen LogP contribution in [0.25, 0.3) is 5.69 Å². The standard InChI is InChI=1S/C17H18N4O3/c1-12-9-17(20-24-12)23-10-16(22)19-13(2)14-3-5-15(6-4-14)21-8-7-18-11-21/h3-9,11,13H,10H2,1-2H3,(H,19,22)/t13-/m1/s1. The molecule has 0 saturated heterocycles. The summed E-state index contributed by atoms with van der Waals surface area (Å²) in [5, 5.41) is 6.56. The molecule has 1 amide bonds. The molecule has 0 aliphatic carbocycles. The number of nitrogens with zero attached hydrogens (tertiary/aromatic N) is 3. The lowest BCUT2D eigenvalue weighted by atomic mass is 10.1. The van der Waals surface area contributed by atoms with Gasteiger partial charge >= 0.3 is 0 Å². The predicted molar refractivity (Wildman–Crippen MR) is 86.9 cm³/mol. The Bertz CT molecular complexity index is 794. The Morgan fingerprint density at radius 1 is 1.38 bits per heavy atom. The van der Waals surface area contributed by atoms with E-state index in [4.69, 9.17) is 9.26 Å². The van der Waals surface area contributed by atoms with E-state index in [2.05, 4.69) is 15.5 Å². The molecular weight excluding hydrogens is 308 g/mol. The number of imidazole rings is 1. The molecule has 124 valence electrons. The number of carbonyl (C=O) groups is 1. The molecule has 0 radical (unpaired) electrons. The number of hydrogen-bond donors (Lipinski definition) is 1. The summed E-state index contributed by atoms with van der Waals surface area (Å²) in [6, 6.07) is 9.41. The Kier molecular flexibility index (Phi) is 4.60. The van der Waals surface area contributed by atoms with Crippen LogP contribution in [-0.2, 0) is 4.79 Å². The number of hydrogen-bond acceptors (Lipinski definition) is 5. The van der Waals surface area contributed by atoms with Crippen molar-refractivity contribution in [3.8, 4) is 11.6 Å². The minimum atomic E-state index is -0.221. The first kappa shape index (κ1) is 15.8. The molecule has 1 aromatic carbocycles. The molecule has 2 aromatic heterocycles. The lowest BCUT2D eigenvalue weighted by molar-refractivity contribution is -0.123. The summed E-state index contributed by atoms with van der Waals surface area (Å²) in [4.78, 5) is 16.0. The molecule has 1 N–H and O–H groups in total. The fraction of sp³-hybridized carbons (Fsp3) is 0.235. The largest absolute Gasteiger partial charge is 0.465 e. The van der Waals surface area contributed by atoms with Crippen LogP contribution in [0.4, 0.5) is 0 Å². The third-order valence-electron chi connectivity index (χ3n) is 3.53. The maximum absolute atomic E-state index is 12.0. The van der Waals surface area contributed by atoms with Crippen molar-refractivity contribution in [2.75, 3.05) is 6.61 Å². The smallest absolute Gasteiger partial charge is 0.258 e. The van der Waals surface area contributed by atoms with E-state index in [-0.39, 0.29) is 18.6 Å². The van der Waals surface area contributed by atoms with Crippen LogP contribution < -0.4 is 10.1 Å². The van der Waals surface area contributed by atoms with Gasteiger partial charge < -0.3 is 19.1 Å². The van der Waals surface area contributed by atoms with Crippen molar-refractivity contribution in [1.82, 2.24) is 20.0 Å². The van der Waals surface area contributed by atoms with Gasteiger partial charge in [0.2, 0.25) is 0 Å². The molecule has 7 heteroatoms. The van der Waals surface area contributed by atoms with E-state index in [9.17, 15) is 4.79 Å². The van der Waals surface area contributed by atoms with Crippen LogP contribution in [0.3, 0.4) is 0 Å². The first-order valence-corrected chi connectivity index (χ1v) is 7.55. The summed E-state index contributed by atoms with van der Waals surface area (Å²) < 4.78 is 12.1. The predicted octanol–water partition coefficient (Wildman–Crippen LogP) is 2.42. The van der Waals surface area contributed by atoms with Crippen LogP contribution in [-0.4, -0.2) is 27.2 Å². The zero-order valence-electron chi connectivity index (χ0n) is 13.5. The quantitative estimate of drug-likeness (QED) is 0.752. The number of aryl methyl sites for hydroxylation is 1. The molecular formula is C17H18N4O3. The number of aromatic nitrogens is 3. The van der Waals surface area contributed by atoms with E-state index in [1.165, 1.54) is 0 Å². The van der Waals surface area contributed by atoms with E-state index < -0.39 is 0 Å². The zero-order chi connectivity index (χ0) is 16.9. The molecule has 0 saturated carbocycles. The highest BCUT2D eigenvalue weighted by Crippen LogP contribution is 2.16. The Morgan fingerprint density at radius 3 is 2.79 bits per heavy atom. The highest BCUT2D eigenvalue weighted by atomic mass is 16.5. The Labute approximate surface area is 139 Å². The minimum Gasteiger partial charge on any atom is -0.465 e. The third-order valence-corrected chi connectivity index (χ3v) is 3.53. The molecule has 0 fully saturated rings. The van der Waals surface area contributed by atoms with E-state index in [0.29, 0.717) is 11.6 Å². The Balaban J connectivity index is 1.54. The number of benzene rings is 1. The maximum atomic E-state index is 12.0. The summed E-state index contributed by atoms with van der Waals surface area (Å²) >= 11 is 0. The van der Waals surface area contributed by atoms with Crippen molar-refractivity contribution in [2.45, 2.75) is 19.9 Å². The molecule has 0 bridgehead atoms. The fourth-order valence-corrected chi connectivity index (χ4v) is 2.26. The fourth-order valence-electron chi connectivity index (χ4n) is 2.26. The molecule has 3 rings (SSSR count). The first-order valence-electron chi connectivity index (χ1n) is 7.55. The number of carbonyl (C=O) groups excluding carboxylic acids is 1. The number of amides is 1.